The van der Waals surface area contributed by atoms with E-state index in [9.17, 15) is 9.59 Å². The monoisotopic (exact) mass is 366 g/mol. The number of hydrogen-bond acceptors (Lipinski definition) is 2. The number of unbranched alkanes of at least 4 members (excludes halogenated alkanes) is 1. The first-order valence-electron chi connectivity index (χ1n) is 6.79. The number of carbonyl (C=O) groups is 2. The van der Waals surface area contributed by atoms with Crippen LogP contribution in [-0.4, -0.2) is 11.8 Å². The molecular weight excluding hydrogens is 343 g/mol. The Kier molecular flexibility index (Phi) is 6.96. The van der Waals surface area contributed by atoms with Gasteiger partial charge in [-0.2, -0.15) is 0 Å². The summed E-state index contributed by atoms with van der Waals surface area (Å²) in [5.41, 5.74) is 5.48. The SMILES string of the molecule is CCCC[C@H](C(N)=O)C(CC1CCC1)C(=O)NI. The molecule has 5 heteroatoms. The van der Waals surface area contributed by atoms with Gasteiger partial charge in [-0.3, -0.25) is 13.1 Å². The van der Waals surface area contributed by atoms with Crippen molar-refractivity contribution in [3.05, 3.63) is 0 Å². The zero-order chi connectivity index (χ0) is 13.5. The third-order valence-corrected chi connectivity index (χ3v) is 4.49. The van der Waals surface area contributed by atoms with Gasteiger partial charge >= 0.3 is 0 Å². The lowest BCUT2D eigenvalue weighted by Gasteiger charge is -2.31. The lowest BCUT2D eigenvalue weighted by molar-refractivity contribution is -0.133. The van der Waals surface area contributed by atoms with Crippen molar-refractivity contribution in [3.8, 4) is 0 Å². The van der Waals surface area contributed by atoms with Crippen molar-refractivity contribution in [2.45, 2.75) is 51.9 Å². The Hall–Kier alpha value is -0.330. The predicted molar refractivity (Wildman–Crippen MR) is 79.8 cm³/mol. The quantitative estimate of drug-likeness (QED) is 0.512. The minimum absolute atomic E-state index is 0.0394. The van der Waals surface area contributed by atoms with Crippen molar-refractivity contribution in [1.82, 2.24) is 3.53 Å². The summed E-state index contributed by atoms with van der Waals surface area (Å²) in [6, 6.07) is 0. The van der Waals surface area contributed by atoms with Gasteiger partial charge in [0.2, 0.25) is 11.8 Å². The molecule has 0 aromatic heterocycles. The second-order valence-corrected chi connectivity index (χ2v) is 5.79. The van der Waals surface area contributed by atoms with Crippen LogP contribution in [0.25, 0.3) is 0 Å². The Morgan fingerprint density at radius 1 is 1.39 bits per heavy atom. The lowest BCUT2D eigenvalue weighted by atomic mass is 9.74. The fourth-order valence-corrected chi connectivity index (χ4v) is 2.98. The molecule has 1 rings (SSSR count). The van der Waals surface area contributed by atoms with Gasteiger partial charge in [-0.25, -0.2) is 0 Å². The summed E-state index contributed by atoms with van der Waals surface area (Å²) in [6.07, 6.45) is 7.13. The van der Waals surface area contributed by atoms with Crippen molar-refractivity contribution in [1.29, 1.82) is 0 Å². The lowest BCUT2D eigenvalue weighted by Crippen LogP contribution is -2.39. The van der Waals surface area contributed by atoms with E-state index in [0.29, 0.717) is 5.92 Å². The molecule has 104 valence electrons. The Morgan fingerprint density at radius 3 is 2.44 bits per heavy atom. The number of halogens is 1. The van der Waals surface area contributed by atoms with Crippen LogP contribution in [0.4, 0.5) is 0 Å². The molecule has 0 bridgehead atoms. The molecular formula is C13H23IN2O2. The summed E-state index contributed by atoms with van der Waals surface area (Å²) in [5.74, 6) is -0.307. The topological polar surface area (TPSA) is 72.2 Å². The molecule has 18 heavy (non-hydrogen) atoms. The highest BCUT2D eigenvalue weighted by Crippen LogP contribution is 2.36. The molecule has 0 radical (unpaired) electrons. The van der Waals surface area contributed by atoms with Gasteiger partial charge in [0.25, 0.3) is 0 Å². The number of amides is 2. The zero-order valence-electron chi connectivity index (χ0n) is 11.0. The Balaban J connectivity index is 2.68. The van der Waals surface area contributed by atoms with E-state index >= 15 is 0 Å². The molecule has 1 aliphatic carbocycles. The highest BCUT2D eigenvalue weighted by atomic mass is 127. The summed E-state index contributed by atoms with van der Waals surface area (Å²) in [6.45, 7) is 2.08. The molecule has 2 amide bonds. The molecule has 1 unspecified atom stereocenters. The predicted octanol–water partition coefficient (Wildman–Crippen LogP) is 2.55. The fourth-order valence-electron chi connectivity index (χ4n) is 2.58. The molecule has 1 aliphatic rings. The van der Waals surface area contributed by atoms with Gasteiger partial charge in [-0.1, -0.05) is 39.0 Å². The molecule has 0 heterocycles. The minimum atomic E-state index is -0.326. The number of carbonyl (C=O) groups excluding carboxylic acids is 2. The first-order valence-corrected chi connectivity index (χ1v) is 7.87. The maximum absolute atomic E-state index is 12.0. The zero-order valence-corrected chi connectivity index (χ0v) is 13.1. The summed E-state index contributed by atoms with van der Waals surface area (Å²) in [7, 11) is 0. The van der Waals surface area contributed by atoms with E-state index in [1.807, 2.05) is 22.9 Å². The molecule has 0 aromatic carbocycles. The van der Waals surface area contributed by atoms with Crippen molar-refractivity contribution < 1.29 is 9.59 Å². The van der Waals surface area contributed by atoms with Crippen LogP contribution in [0, 0.1) is 17.8 Å². The van der Waals surface area contributed by atoms with Crippen LogP contribution in [0.3, 0.4) is 0 Å². The van der Waals surface area contributed by atoms with Crippen LogP contribution < -0.4 is 9.26 Å². The molecule has 4 nitrogen and oxygen atoms in total. The average molecular weight is 366 g/mol. The minimum Gasteiger partial charge on any atom is -0.369 e. The van der Waals surface area contributed by atoms with Crippen LogP contribution in [0.2, 0.25) is 0 Å². The molecule has 2 atom stereocenters. The second-order valence-electron chi connectivity index (χ2n) is 5.25. The molecule has 0 aromatic rings. The maximum atomic E-state index is 12.0. The van der Waals surface area contributed by atoms with Gasteiger partial charge in [0.15, 0.2) is 0 Å². The number of hydrogen-bond donors (Lipinski definition) is 2. The van der Waals surface area contributed by atoms with Crippen molar-refractivity contribution >= 4 is 34.7 Å². The fraction of sp³-hybridized carbons (Fsp3) is 0.846. The highest BCUT2D eigenvalue weighted by Gasteiger charge is 2.34. The van der Waals surface area contributed by atoms with Crippen LogP contribution >= 0.6 is 22.9 Å². The third kappa shape index (κ3) is 4.40. The molecule has 1 fully saturated rings. The van der Waals surface area contributed by atoms with E-state index in [1.54, 1.807) is 0 Å². The highest BCUT2D eigenvalue weighted by molar-refractivity contribution is 14.1. The summed E-state index contributed by atoms with van der Waals surface area (Å²) < 4.78 is 2.65. The van der Waals surface area contributed by atoms with Crippen molar-refractivity contribution in [2.24, 2.45) is 23.5 Å². The Bertz CT molecular complexity index is 293. The van der Waals surface area contributed by atoms with Gasteiger partial charge in [-0.15, -0.1) is 0 Å². The summed E-state index contributed by atoms with van der Waals surface area (Å²) in [4.78, 5) is 23.6. The number of rotatable bonds is 8. The Labute approximate surface area is 123 Å². The first-order chi connectivity index (χ1) is 8.60. The standard InChI is InChI=1S/C13H23IN2O2/c1-2-3-7-10(12(15)17)11(13(18)16-14)8-9-5-4-6-9/h9-11H,2-8H2,1H3,(H2,15,17)(H,16,18)/t10-,11?/m0/s1. The van der Waals surface area contributed by atoms with E-state index in [4.69, 9.17) is 5.73 Å². The van der Waals surface area contributed by atoms with Gasteiger partial charge in [0.1, 0.15) is 0 Å². The number of nitrogens with one attached hydrogen (secondary N) is 1. The van der Waals surface area contributed by atoms with Gasteiger partial charge < -0.3 is 5.73 Å². The largest absolute Gasteiger partial charge is 0.369 e. The van der Waals surface area contributed by atoms with Gasteiger partial charge in [0, 0.05) is 5.92 Å². The van der Waals surface area contributed by atoms with Gasteiger partial charge in [0.05, 0.1) is 28.8 Å². The van der Waals surface area contributed by atoms with Crippen LogP contribution in [-0.2, 0) is 9.59 Å². The number of nitrogens with two attached hydrogens (primary N) is 1. The third-order valence-electron chi connectivity index (χ3n) is 3.96. The summed E-state index contributed by atoms with van der Waals surface area (Å²) in [5, 5.41) is 0. The molecule has 1 saturated carbocycles. The van der Waals surface area contributed by atoms with E-state index in [-0.39, 0.29) is 23.7 Å². The first kappa shape index (κ1) is 15.7. The molecule has 0 spiro atoms. The molecule has 0 saturated heterocycles. The van der Waals surface area contributed by atoms with E-state index in [0.717, 1.165) is 25.7 Å². The normalized spacial score (nSPS) is 18.8. The van der Waals surface area contributed by atoms with Crippen molar-refractivity contribution in [3.63, 3.8) is 0 Å². The smallest absolute Gasteiger partial charge is 0.232 e. The van der Waals surface area contributed by atoms with Crippen LogP contribution in [0.15, 0.2) is 0 Å². The van der Waals surface area contributed by atoms with E-state index < -0.39 is 0 Å². The second kappa shape index (κ2) is 7.96. The molecule has 0 aliphatic heterocycles. The summed E-state index contributed by atoms with van der Waals surface area (Å²) >= 11 is 1.85. The van der Waals surface area contributed by atoms with Crippen molar-refractivity contribution in [2.75, 3.05) is 0 Å². The van der Waals surface area contributed by atoms with Crippen LogP contribution in [0.1, 0.15) is 51.9 Å². The average Bonchev–Trinajstić information content (AvgIpc) is 2.29. The number of primary amides is 1. The maximum Gasteiger partial charge on any atom is 0.232 e. The van der Waals surface area contributed by atoms with E-state index in [2.05, 4.69) is 10.5 Å². The molecule has 3 N–H and O–H groups in total. The van der Waals surface area contributed by atoms with Gasteiger partial charge in [-0.05, 0) is 18.8 Å². The van der Waals surface area contributed by atoms with Crippen LogP contribution in [0.5, 0.6) is 0 Å². The van der Waals surface area contributed by atoms with E-state index in [1.165, 1.54) is 19.3 Å². The Morgan fingerprint density at radius 2 is 2.06 bits per heavy atom.